The Labute approximate surface area is 101 Å². The molecular weight excluding hydrogens is 218 g/mol. The topological polar surface area (TPSA) is 47.6 Å². The molecule has 0 aliphatic heterocycles. The number of ether oxygens (including phenoxy) is 2. The van der Waals surface area contributed by atoms with E-state index in [1.165, 1.54) is 7.11 Å². The van der Waals surface area contributed by atoms with Crippen LogP contribution in [0.3, 0.4) is 0 Å². The van der Waals surface area contributed by atoms with E-state index in [0.717, 1.165) is 30.6 Å². The molecule has 1 N–H and O–H groups in total. The molecule has 92 valence electrons. The van der Waals surface area contributed by atoms with E-state index < -0.39 is 0 Å². The Morgan fingerprint density at radius 1 is 1.24 bits per heavy atom. The summed E-state index contributed by atoms with van der Waals surface area (Å²) in [6.07, 6.45) is 2.65. The van der Waals surface area contributed by atoms with Crippen LogP contribution in [-0.4, -0.2) is 20.3 Å². The number of rotatable bonds is 3. The zero-order chi connectivity index (χ0) is 12.3. The summed E-state index contributed by atoms with van der Waals surface area (Å²) in [5, 5.41) is 2.93. The summed E-state index contributed by atoms with van der Waals surface area (Å²) in [5.41, 5.74) is 0.856. The van der Waals surface area contributed by atoms with E-state index in [4.69, 9.17) is 4.74 Å². The highest BCUT2D eigenvalue weighted by Crippen LogP contribution is 2.41. The van der Waals surface area contributed by atoms with E-state index in [1.807, 2.05) is 24.3 Å². The highest BCUT2D eigenvalue weighted by atomic mass is 16.5. The molecule has 1 aliphatic carbocycles. The first kappa shape index (κ1) is 11.8. The zero-order valence-electron chi connectivity index (χ0n) is 10.2. The summed E-state index contributed by atoms with van der Waals surface area (Å²) in [4.78, 5) is 11.4. The number of amides is 1. The fraction of sp³-hybridized carbons (Fsp3) is 0.462. The van der Waals surface area contributed by atoms with Gasteiger partial charge in [0.2, 0.25) is 0 Å². The van der Waals surface area contributed by atoms with Gasteiger partial charge in [0.25, 0.3) is 0 Å². The van der Waals surface area contributed by atoms with Crippen molar-refractivity contribution in [1.82, 2.24) is 5.32 Å². The number of hydrogen-bond donors (Lipinski definition) is 1. The predicted octanol–water partition coefficient (Wildman–Crippen LogP) is 2.43. The third-order valence-corrected chi connectivity index (χ3v) is 3.38. The number of hydrogen-bond acceptors (Lipinski definition) is 3. The van der Waals surface area contributed by atoms with Gasteiger partial charge in [-0.2, -0.15) is 0 Å². The molecule has 0 heterocycles. The fourth-order valence-corrected chi connectivity index (χ4v) is 2.17. The normalized spacial score (nSPS) is 16.8. The smallest absolute Gasteiger partial charge is 0.407 e. The molecule has 1 fully saturated rings. The molecule has 1 aromatic rings. The number of carbonyl (C=O) groups is 1. The molecule has 0 bridgehead atoms. The molecule has 1 amide bonds. The van der Waals surface area contributed by atoms with Gasteiger partial charge < -0.3 is 14.8 Å². The third kappa shape index (κ3) is 2.20. The molecule has 0 saturated heterocycles. The van der Waals surface area contributed by atoms with Crippen LogP contribution in [0.4, 0.5) is 4.79 Å². The lowest BCUT2D eigenvalue weighted by Gasteiger charge is -2.42. The number of methoxy groups -OCH3 is 2. The summed E-state index contributed by atoms with van der Waals surface area (Å²) in [6.45, 7) is 0. The molecule has 0 unspecified atom stereocenters. The molecule has 0 aromatic heterocycles. The van der Waals surface area contributed by atoms with E-state index >= 15 is 0 Å². The second-order valence-corrected chi connectivity index (χ2v) is 4.28. The van der Waals surface area contributed by atoms with Crippen molar-refractivity contribution in [3.8, 4) is 5.75 Å². The minimum Gasteiger partial charge on any atom is -0.497 e. The standard InChI is InChI=1S/C13H17NO3/c1-16-11-6-4-10(5-7-11)13(8-3-9-13)14-12(15)17-2/h4-7H,3,8-9H2,1-2H3,(H,14,15). The van der Waals surface area contributed by atoms with Crippen LogP contribution < -0.4 is 10.1 Å². The summed E-state index contributed by atoms with van der Waals surface area (Å²) in [5.74, 6) is 0.821. The van der Waals surface area contributed by atoms with Crippen LogP contribution in [0.25, 0.3) is 0 Å². The summed E-state index contributed by atoms with van der Waals surface area (Å²) in [6, 6.07) is 7.81. The SMILES string of the molecule is COC(=O)NC1(c2ccc(OC)cc2)CCC1. The van der Waals surface area contributed by atoms with Crippen molar-refractivity contribution in [2.45, 2.75) is 24.8 Å². The van der Waals surface area contributed by atoms with Gasteiger partial charge in [0.15, 0.2) is 0 Å². The van der Waals surface area contributed by atoms with Crippen molar-refractivity contribution in [3.63, 3.8) is 0 Å². The van der Waals surface area contributed by atoms with Crippen LogP contribution >= 0.6 is 0 Å². The minimum absolute atomic E-state index is 0.251. The lowest BCUT2D eigenvalue weighted by atomic mass is 9.72. The second kappa shape index (κ2) is 4.65. The monoisotopic (exact) mass is 235 g/mol. The Bertz CT molecular complexity index is 396. The average Bonchev–Trinajstić information content (AvgIpc) is 2.33. The predicted molar refractivity (Wildman–Crippen MR) is 64.1 cm³/mol. The van der Waals surface area contributed by atoms with Crippen molar-refractivity contribution >= 4 is 6.09 Å². The van der Waals surface area contributed by atoms with Gasteiger partial charge in [-0.15, -0.1) is 0 Å². The fourth-order valence-electron chi connectivity index (χ4n) is 2.17. The second-order valence-electron chi connectivity index (χ2n) is 4.28. The minimum atomic E-state index is -0.375. The lowest BCUT2D eigenvalue weighted by molar-refractivity contribution is 0.128. The zero-order valence-corrected chi connectivity index (χ0v) is 10.2. The van der Waals surface area contributed by atoms with Gasteiger partial charge in [-0.3, -0.25) is 0 Å². The van der Waals surface area contributed by atoms with E-state index in [9.17, 15) is 4.79 Å². The van der Waals surface area contributed by atoms with Gasteiger partial charge in [0.05, 0.1) is 19.8 Å². The van der Waals surface area contributed by atoms with Crippen LogP contribution in [0.2, 0.25) is 0 Å². The first-order valence-corrected chi connectivity index (χ1v) is 5.71. The quantitative estimate of drug-likeness (QED) is 0.875. The Morgan fingerprint density at radius 3 is 2.29 bits per heavy atom. The van der Waals surface area contributed by atoms with Crippen molar-refractivity contribution in [2.24, 2.45) is 0 Å². The lowest BCUT2D eigenvalue weighted by Crippen LogP contribution is -2.50. The molecule has 0 atom stereocenters. The van der Waals surface area contributed by atoms with Gasteiger partial charge in [0, 0.05) is 0 Å². The first-order valence-electron chi connectivity index (χ1n) is 5.71. The summed E-state index contributed by atoms with van der Waals surface area (Å²) >= 11 is 0. The van der Waals surface area contributed by atoms with Crippen molar-refractivity contribution in [2.75, 3.05) is 14.2 Å². The highest BCUT2D eigenvalue weighted by molar-refractivity contribution is 5.68. The average molecular weight is 235 g/mol. The molecule has 0 radical (unpaired) electrons. The van der Waals surface area contributed by atoms with E-state index in [1.54, 1.807) is 7.11 Å². The number of benzene rings is 1. The molecular formula is C13H17NO3. The third-order valence-electron chi connectivity index (χ3n) is 3.38. The molecule has 1 saturated carbocycles. The molecule has 1 aromatic carbocycles. The Hall–Kier alpha value is -1.71. The van der Waals surface area contributed by atoms with Crippen molar-refractivity contribution in [1.29, 1.82) is 0 Å². The van der Waals surface area contributed by atoms with Crippen molar-refractivity contribution < 1.29 is 14.3 Å². The van der Waals surface area contributed by atoms with E-state index in [-0.39, 0.29) is 11.6 Å². The van der Waals surface area contributed by atoms with Crippen molar-refractivity contribution in [3.05, 3.63) is 29.8 Å². The molecule has 0 spiro atoms. The molecule has 1 aliphatic rings. The molecule has 17 heavy (non-hydrogen) atoms. The van der Waals surface area contributed by atoms with Gasteiger partial charge in [-0.1, -0.05) is 12.1 Å². The van der Waals surface area contributed by atoms with Gasteiger partial charge >= 0.3 is 6.09 Å². The van der Waals surface area contributed by atoms with Crippen LogP contribution in [0.15, 0.2) is 24.3 Å². The molecule has 2 rings (SSSR count). The maximum Gasteiger partial charge on any atom is 0.407 e. The van der Waals surface area contributed by atoms with Crippen LogP contribution in [0.5, 0.6) is 5.75 Å². The Morgan fingerprint density at radius 2 is 1.88 bits per heavy atom. The Balaban J connectivity index is 2.19. The Kier molecular flexibility index (Phi) is 3.22. The highest BCUT2D eigenvalue weighted by Gasteiger charge is 2.40. The maximum atomic E-state index is 11.4. The summed E-state index contributed by atoms with van der Waals surface area (Å²) < 4.78 is 9.80. The van der Waals surface area contributed by atoms with Gasteiger partial charge in [-0.05, 0) is 37.0 Å². The first-order chi connectivity index (χ1) is 8.20. The van der Waals surface area contributed by atoms with Crippen LogP contribution in [-0.2, 0) is 10.3 Å². The number of carbonyl (C=O) groups excluding carboxylic acids is 1. The summed E-state index contributed by atoms with van der Waals surface area (Å²) in [7, 11) is 3.02. The van der Waals surface area contributed by atoms with Crippen LogP contribution in [0, 0.1) is 0 Å². The maximum absolute atomic E-state index is 11.4. The molecule has 4 nitrogen and oxygen atoms in total. The van der Waals surface area contributed by atoms with E-state index in [0.29, 0.717) is 0 Å². The van der Waals surface area contributed by atoms with E-state index in [2.05, 4.69) is 10.1 Å². The largest absolute Gasteiger partial charge is 0.497 e. The molecule has 4 heteroatoms. The van der Waals surface area contributed by atoms with Gasteiger partial charge in [-0.25, -0.2) is 4.79 Å². The number of nitrogens with one attached hydrogen (secondary N) is 1. The number of alkyl carbamates (subject to hydrolysis) is 1. The van der Waals surface area contributed by atoms with Gasteiger partial charge in [0.1, 0.15) is 5.75 Å². The van der Waals surface area contributed by atoms with Crippen LogP contribution in [0.1, 0.15) is 24.8 Å².